The predicted octanol–water partition coefficient (Wildman–Crippen LogP) is 1.66. The number of methoxy groups -OCH3 is 1. The molecule has 1 aliphatic heterocycles. The molecule has 5 nitrogen and oxygen atoms in total. The Morgan fingerprint density at radius 1 is 0.853 bits per heavy atom. The van der Waals surface area contributed by atoms with Crippen LogP contribution in [0.2, 0.25) is 0 Å². The molecule has 5 rings (SSSR count). The maximum absolute atomic E-state index is 11.1. The lowest BCUT2D eigenvalue weighted by atomic mass is 10.1. The van der Waals surface area contributed by atoms with Gasteiger partial charge in [0.1, 0.15) is 51.1 Å². The van der Waals surface area contributed by atoms with Crippen molar-refractivity contribution in [3.05, 3.63) is 90.5 Å². The number of nitrogens with zero attached hydrogens (tertiary/aromatic N) is 1. The van der Waals surface area contributed by atoms with Crippen LogP contribution >= 0.6 is 0 Å². The number of aliphatic hydroxyl groups excluding tert-OH is 1. The average molecular weight is 458 g/mol. The summed E-state index contributed by atoms with van der Waals surface area (Å²) in [5.41, 5.74) is 4.84. The number of para-hydroxylation sites is 1. The fraction of sp³-hybridized carbons (Fsp3) is 0.310. The molecule has 1 atom stereocenters. The number of rotatable bonds is 8. The van der Waals surface area contributed by atoms with Gasteiger partial charge in [0.15, 0.2) is 0 Å². The third-order valence-electron chi connectivity index (χ3n) is 7.08. The second-order valence-electron chi connectivity index (χ2n) is 9.45. The molecule has 0 saturated carbocycles. The number of benzene rings is 3. The maximum Gasteiger partial charge on any atom is 0.127 e. The molecule has 1 aliphatic rings. The van der Waals surface area contributed by atoms with Crippen LogP contribution in [-0.4, -0.2) is 55.6 Å². The summed E-state index contributed by atoms with van der Waals surface area (Å²) < 4.78 is 7.61. The summed E-state index contributed by atoms with van der Waals surface area (Å²) in [5, 5.41) is 12.3. The van der Waals surface area contributed by atoms with E-state index in [2.05, 4.69) is 77.4 Å². The Hall–Kier alpha value is -3.12. The number of nitrogens with one attached hydrogen (secondary N) is 2. The Morgan fingerprint density at radius 3 is 2.26 bits per heavy atom. The SMILES string of the molecule is COc1ccc(-c2cc3ccccc3n2CC(O)C[NH+]2CC[NH+](Cc3ccccc3)CC2)cc1. The van der Waals surface area contributed by atoms with Crippen molar-refractivity contribution in [2.45, 2.75) is 19.2 Å². The third kappa shape index (κ3) is 5.17. The first-order valence-corrected chi connectivity index (χ1v) is 12.3. The number of ether oxygens (including phenoxy) is 1. The van der Waals surface area contributed by atoms with Crippen LogP contribution in [0.1, 0.15) is 5.56 Å². The number of hydrogen-bond acceptors (Lipinski definition) is 2. The number of aliphatic hydroxyl groups is 1. The van der Waals surface area contributed by atoms with Gasteiger partial charge in [-0.05, 0) is 42.0 Å². The van der Waals surface area contributed by atoms with Gasteiger partial charge in [-0.3, -0.25) is 0 Å². The summed E-state index contributed by atoms with van der Waals surface area (Å²) in [6.45, 7) is 7.00. The molecule has 1 fully saturated rings. The number of piperazine rings is 1. The third-order valence-corrected chi connectivity index (χ3v) is 7.08. The van der Waals surface area contributed by atoms with Crippen molar-refractivity contribution in [2.24, 2.45) is 0 Å². The Balaban J connectivity index is 1.25. The summed E-state index contributed by atoms with van der Waals surface area (Å²) in [6.07, 6.45) is -0.390. The van der Waals surface area contributed by atoms with E-state index in [4.69, 9.17) is 4.74 Å². The molecule has 2 heterocycles. The molecule has 4 aromatic rings. The van der Waals surface area contributed by atoms with E-state index in [0.29, 0.717) is 6.54 Å². The van der Waals surface area contributed by atoms with Gasteiger partial charge in [0.2, 0.25) is 0 Å². The van der Waals surface area contributed by atoms with E-state index in [1.807, 2.05) is 12.1 Å². The molecular formula is C29H35N3O2+2. The highest BCUT2D eigenvalue weighted by Crippen LogP contribution is 2.29. The Labute approximate surface area is 201 Å². The van der Waals surface area contributed by atoms with E-state index < -0.39 is 6.10 Å². The minimum atomic E-state index is -0.390. The van der Waals surface area contributed by atoms with Crippen molar-refractivity contribution >= 4 is 10.9 Å². The Morgan fingerprint density at radius 2 is 1.53 bits per heavy atom. The lowest BCUT2D eigenvalue weighted by Gasteiger charge is -2.31. The first kappa shape index (κ1) is 22.7. The summed E-state index contributed by atoms with van der Waals surface area (Å²) in [5.74, 6) is 0.851. The van der Waals surface area contributed by atoms with Gasteiger partial charge in [0.25, 0.3) is 0 Å². The Kier molecular flexibility index (Phi) is 6.95. The van der Waals surface area contributed by atoms with E-state index in [1.165, 1.54) is 21.4 Å². The quantitative estimate of drug-likeness (QED) is 0.377. The van der Waals surface area contributed by atoms with Crippen LogP contribution in [0.4, 0.5) is 0 Å². The van der Waals surface area contributed by atoms with Gasteiger partial charge in [-0.15, -0.1) is 0 Å². The largest absolute Gasteiger partial charge is 0.497 e. The monoisotopic (exact) mass is 457 g/mol. The van der Waals surface area contributed by atoms with Crippen molar-refractivity contribution in [2.75, 3.05) is 39.8 Å². The predicted molar refractivity (Wildman–Crippen MR) is 136 cm³/mol. The van der Waals surface area contributed by atoms with Gasteiger partial charge < -0.3 is 24.2 Å². The summed E-state index contributed by atoms with van der Waals surface area (Å²) in [6, 6.07) is 29.6. The minimum absolute atomic E-state index is 0.390. The molecule has 0 aliphatic carbocycles. The van der Waals surface area contributed by atoms with Crippen LogP contribution < -0.4 is 14.5 Å². The molecule has 1 saturated heterocycles. The molecule has 3 N–H and O–H groups in total. The highest BCUT2D eigenvalue weighted by molar-refractivity contribution is 5.87. The van der Waals surface area contributed by atoms with Crippen LogP contribution in [-0.2, 0) is 13.1 Å². The van der Waals surface area contributed by atoms with Gasteiger partial charge in [0.05, 0.1) is 13.7 Å². The zero-order valence-electron chi connectivity index (χ0n) is 19.9. The van der Waals surface area contributed by atoms with Gasteiger partial charge in [-0.25, -0.2) is 0 Å². The zero-order chi connectivity index (χ0) is 23.3. The number of hydrogen-bond donors (Lipinski definition) is 3. The molecule has 0 radical (unpaired) electrons. The van der Waals surface area contributed by atoms with Crippen LogP contribution in [0.15, 0.2) is 84.9 Å². The van der Waals surface area contributed by atoms with E-state index in [-0.39, 0.29) is 0 Å². The van der Waals surface area contributed by atoms with Crippen LogP contribution in [0, 0.1) is 0 Å². The van der Waals surface area contributed by atoms with Gasteiger partial charge in [-0.2, -0.15) is 0 Å². The minimum Gasteiger partial charge on any atom is -0.497 e. The highest BCUT2D eigenvalue weighted by atomic mass is 16.5. The number of quaternary nitrogens is 2. The lowest BCUT2D eigenvalue weighted by Crippen LogP contribution is -3.28. The van der Waals surface area contributed by atoms with Crippen molar-refractivity contribution in [3.63, 3.8) is 0 Å². The van der Waals surface area contributed by atoms with Gasteiger partial charge in [-0.1, -0.05) is 48.5 Å². The molecule has 0 bridgehead atoms. The molecule has 1 unspecified atom stereocenters. The summed E-state index contributed by atoms with van der Waals surface area (Å²) >= 11 is 0. The maximum atomic E-state index is 11.1. The molecule has 3 aromatic carbocycles. The smallest absolute Gasteiger partial charge is 0.127 e. The fourth-order valence-electron chi connectivity index (χ4n) is 5.24. The number of aromatic nitrogens is 1. The van der Waals surface area contributed by atoms with Gasteiger partial charge >= 0.3 is 0 Å². The molecule has 34 heavy (non-hydrogen) atoms. The molecule has 176 valence electrons. The molecule has 1 aromatic heterocycles. The van der Waals surface area contributed by atoms with Crippen molar-refractivity contribution in [1.29, 1.82) is 0 Å². The van der Waals surface area contributed by atoms with Crippen LogP contribution in [0.25, 0.3) is 22.2 Å². The first-order valence-electron chi connectivity index (χ1n) is 12.3. The second-order valence-corrected chi connectivity index (χ2v) is 9.45. The van der Waals surface area contributed by atoms with E-state index in [9.17, 15) is 5.11 Å². The van der Waals surface area contributed by atoms with Crippen LogP contribution in [0.3, 0.4) is 0 Å². The van der Waals surface area contributed by atoms with Gasteiger partial charge in [0, 0.05) is 22.2 Å². The normalized spacial score (nSPS) is 19.2. The molecule has 0 spiro atoms. The first-order chi connectivity index (χ1) is 16.7. The van der Waals surface area contributed by atoms with Crippen LogP contribution in [0.5, 0.6) is 5.75 Å². The zero-order valence-corrected chi connectivity index (χ0v) is 19.9. The summed E-state index contributed by atoms with van der Waals surface area (Å²) in [7, 11) is 1.69. The fourth-order valence-corrected chi connectivity index (χ4v) is 5.24. The standard InChI is InChI=1S/C29H33N3O2/c1-34-27-13-11-24(12-14-27)29-19-25-9-5-6-10-28(25)32(29)22-26(33)21-31-17-15-30(16-18-31)20-23-7-3-2-4-8-23/h2-14,19,26,33H,15-18,20-22H2,1H3/p+2. The highest BCUT2D eigenvalue weighted by Gasteiger charge is 2.25. The molecule has 5 heteroatoms. The van der Waals surface area contributed by atoms with Crippen molar-refractivity contribution in [3.8, 4) is 17.0 Å². The second kappa shape index (κ2) is 10.4. The Bertz CT molecular complexity index is 1200. The molecular weight excluding hydrogens is 422 g/mol. The van der Waals surface area contributed by atoms with Crippen molar-refractivity contribution < 1.29 is 19.6 Å². The lowest BCUT2D eigenvalue weighted by molar-refractivity contribution is -1.02. The van der Waals surface area contributed by atoms with E-state index in [1.54, 1.807) is 12.0 Å². The van der Waals surface area contributed by atoms with E-state index >= 15 is 0 Å². The topological polar surface area (TPSA) is 43.3 Å². The summed E-state index contributed by atoms with van der Waals surface area (Å²) in [4.78, 5) is 3.15. The molecule has 0 amide bonds. The van der Waals surface area contributed by atoms with Crippen molar-refractivity contribution in [1.82, 2.24) is 4.57 Å². The number of fused-ring (bicyclic) bond motifs is 1. The average Bonchev–Trinajstić information content (AvgIpc) is 3.24. The van der Waals surface area contributed by atoms with E-state index in [0.717, 1.165) is 56.3 Å².